The largest absolute Gasteiger partial charge is 0.236 e. The minimum Gasteiger partial charge on any atom is -0.236 e. The lowest BCUT2D eigenvalue weighted by Gasteiger charge is -2.20. The van der Waals surface area contributed by atoms with Gasteiger partial charge in [0.25, 0.3) is 0 Å². The van der Waals surface area contributed by atoms with Crippen LogP contribution in [0, 0.1) is 0 Å². The molecule has 0 radical (unpaired) electrons. The highest BCUT2D eigenvalue weighted by molar-refractivity contribution is 5.90. The summed E-state index contributed by atoms with van der Waals surface area (Å²) >= 11 is 0. The maximum atomic E-state index is 5.10. The maximum absolute atomic E-state index is 5.10. The Labute approximate surface area is 250 Å². The molecule has 0 fully saturated rings. The van der Waals surface area contributed by atoms with Crippen LogP contribution in [0.25, 0.3) is 67.5 Å². The van der Waals surface area contributed by atoms with Crippen molar-refractivity contribution in [1.82, 2.24) is 24.9 Å². The van der Waals surface area contributed by atoms with E-state index in [4.69, 9.17) is 24.9 Å². The molecule has 0 bridgehead atoms. The molecule has 5 heteroatoms. The van der Waals surface area contributed by atoms with Gasteiger partial charge in [0.2, 0.25) is 0 Å². The zero-order valence-corrected chi connectivity index (χ0v) is 23.9. The van der Waals surface area contributed by atoms with E-state index in [0.717, 1.165) is 50.1 Å². The molecule has 5 aromatic carbocycles. The summed E-state index contributed by atoms with van der Waals surface area (Å²) in [7, 11) is 0. The molecular formula is C38H27N5. The molecule has 0 saturated heterocycles. The molecule has 1 aliphatic rings. The highest BCUT2D eigenvalue weighted by Gasteiger charge is 2.37. The smallest absolute Gasteiger partial charge is 0.164 e. The van der Waals surface area contributed by atoms with Crippen molar-refractivity contribution in [3.05, 3.63) is 139 Å². The van der Waals surface area contributed by atoms with Gasteiger partial charge in [0, 0.05) is 39.4 Å². The van der Waals surface area contributed by atoms with Crippen molar-refractivity contribution in [2.45, 2.75) is 19.3 Å². The molecule has 2 aromatic heterocycles. The first kappa shape index (κ1) is 25.2. The van der Waals surface area contributed by atoms with E-state index in [1.165, 1.54) is 11.1 Å². The van der Waals surface area contributed by atoms with Crippen molar-refractivity contribution < 1.29 is 0 Å². The Bertz CT molecular complexity index is 2100. The quantitative estimate of drug-likeness (QED) is 0.218. The van der Waals surface area contributed by atoms with Gasteiger partial charge in [-0.2, -0.15) is 0 Å². The van der Waals surface area contributed by atoms with E-state index < -0.39 is 0 Å². The van der Waals surface area contributed by atoms with Gasteiger partial charge in [-0.3, -0.25) is 0 Å². The Hall–Kier alpha value is -5.55. The van der Waals surface area contributed by atoms with E-state index in [0.29, 0.717) is 17.5 Å². The van der Waals surface area contributed by atoms with Crippen LogP contribution in [0.3, 0.4) is 0 Å². The molecule has 43 heavy (non-hydrogen) atoms. The van der Waals surface area contributed by atoms with Gasteiger partial charge >= 0.3 is 0 Å². The Morgan fingerprint density at radius 3 is 1.56 bits per heavy atom. The molecule has 0 aliphatic heterocycles. The van der Waals surface area contributed by atoms with Crippen LogP contribution in [0.5, 0.6) is 0 Å². The third kappa shape index (κ3) is 4.29. The van der Waals surface area contributed by atoms with Crippen LogP contribution in [-0.2, 0) is 5.41 Å². The minimum absolute atomic E-state index is 0.170. The van der Waals surface area contributed by atoms with Gasteiger partial charge in [-0.15, -0.1) is 0 Å². The molecule has 1 aliphatic carbocycles. The molecule has 8 rings (SSSR count). The predicted octanol–water partition coefficient (Wildman–Crippen LogP) is 8.79. The summed E-state index contributed by atoms with van der Waals surface area (Å²) in [4.78, 5) is 24.5. The lowest BCUT2D eigenvalue weighted by Crippen LogP contribution is -2.17. The third-order valence-electron chi connectivity index (χ3n) is 8.33. The standard InChI is InChI=1S/C38H27N5/c1-38(2)32-16-10-9-15-30(32)31-23-39-34(40-33(31)38)28-19-17-27-22-29(20-18-26(27)21-28)37-42-35(24-11-5-3-6-12-24)41-36(43-37)25-13-7-4-8-14-25/h3-23H,1-2H3. The van der Waals surface area contributed by atoms with E-state index >= 15 is 0 Å². The maximum Gasteiger partial charge on any atom is 0.164 e. The molecule has 0 amide bonds. The van der Waals surface area contributed by atoms with Crippen molar-refractivity contribution in [3.8, 4) is 56.7 Å². The zero-order chi connectivity index (χ0) is 29.0. The number of hydrogen-bond acceptors (Lipinski definition) is 5. The van der Waals surface area contributed by atoms with Gasteiger partial charge in [0.15, 0.2) is 23.3 Å². The Balaban J connectivity index is 1.19. The van der Waals surface area contributed by atoms with Crippen molar-refractivity contribution >= 4 is 10.8 Å². The number of benzene rings is 5. The summed E-state index contributed by atoms with van der Waals surface area (Å²) in [5.41, 5.74) is 8.39. The highest BCUT2D eigenvalue weighted by atomic mass is 15.0. The second-order valence-electron chi connectivity index (χ2n) is 11.4. The summed E-state index contributed by atoms with van der Waals surface area (Å²) in [5.74, 6) is 2.68. The number of rotatable bonds is 4. The van der Waals surface area contributed by atoms with Gasteiger partial charge in [0.05, 0.1) is 5.69 Å². The van der Waals surface area contributed by atoms with E-state index in [2.05, 4.69) is 74.5 Å². The SMILES string of the molecule is CC1(C)c2ccccc2-c2cnc(-c3ccc4cc(-c5nc(-c6ccccc6)nc(-c6ccccc6)n5)ccc4c3)nc21. The third-order valence-corrected chi connectivity index (χ3v) is 8.33. The Kier molecular flexibility index (Phi) is 5.73. The van der Waals surface area contributed by atoms with E-state index in [1.54, 1.807) is 0 Å². The van der Waals surface area contributed by atoms with Crippen LogP contribution < -0.4 is 0 Å². The topological polar surface area (TPSA) is 64.5 Å². The number of aromatic nitrogens is 5. The van der Waals surface area contributed by atoms with Gasteiger partial charge in [-0.05, 0) is 34.0 Å². The van der Waals surface area contributed by atoms with Gasteiger partial charge in [-0.1, -0.05) is 123 Å². The first-order chi connectivity index (χ1) is 21.0. The van der Waals surface area contributed by atoms with Gasteiger partial charge in [0.1, 0.15) is 0 Å². The van der Waals surface area contributed by atoms with E-state index in [9.17, 15) is 0 Å². The van der Waals surface area contributed by atoms with E-state index in [-0.39, 0.29) is 5.41 Å². The van der Waals surface area contributed by atoms with Crippen LogP contribution in [0.1, 0.15) is 25.1 Å². The zero-order valence-electron chi connectivity index (χ0n) is 23.9. The summed E-state index contributed by atoms with van der Waals surface area (Å²) in [6.45, 7) is 4.48. The Morgan fingerprint density at radius 1 is 0.442 bits per heavy atom. The van der Waals surface area contributed by atoms with Crippen LogP contribution in [0.15, 0.2) is 128 Å². The molecule has 0 unspecified atom stereocenters. The molecule has 0 atom stereocenters. The molecule has 0 spiro atoms. The molecule has 0 N–H and O–H groups in total. The molecule has 0 saturated carbocycles. The monoisotopic (exact) mass is 553 g/mol. The van der Waals surface area contributed by atoms with Gasteiger partial charge in [-0.25, -0.2) is 24.9 Å². The molecule has 5 nitrogen and oxygen atoms in total. The van der Waals surface area contributed by atoms with Crippen molar-refractivity contribution in [1.29, 1.82) is 0 Å². The van der Waals surface area contributed by atoms with Crippen molar-refractivity contribution in [2.75, 3.05) is 0 Å². The number of hydrogen-bond donors (Lipinski definition) is 0. The van der Waals surface area contributed by atoms with Crippen LogP contribution >= 0.6 is 0 Å². The average Bonchev–Trinajstić information content (AvgIpc) is 3.30. The second-order valence-corrected chi connectivity index (χ2v) is 11.4. The summed E-state index contributed by atoms with van der Waals surface area (Å²) in [6.07, 6.45) is 1.98. The van der Waals surface area contributed by atoms with Crippen molar-refractivity contribution in [3.63, 3.8) is 0 Å². The average molecular weight is 554 g/mol. The molecule has 7 aromatic rings. The minimum atomic E-state index is -0.170. The normalized spacial score (nSPS) is 13.1. The molecular weight excluding hydrogens is 526 g/mol. The second kappa shape index (κ2) is 9.78. The lowest BCUT2D eigenvalue weighted by molar-refractivity contribution is 0.636. The van der Waals surface area contributed by atoms with Crippen LogP contribution in [-0.4, -0.2) is 24.9 Å². The first-order valence-corrected chi connectivity index (χ1v) is 14.4. The fraction of sp³-hybridized carbons (Fsp3) is 0.0789. The predicted molar refractivity (Wildman–Crippen MR) is 172 cm³/mol. The van der Waals surface area contributed by atoms with Gasteiger partial charge < -0.3 is 0 Å². The van der Waals surface area contributed by atoms with Crippen LogP contribution in [0.2, 0.25) is 0 Å². The number of fused-ring (bicyclic) bond motifs is 4. The van der Waals surface area contributed by atoms with Crippen molar-refractivity contribution in [2.24, 2.45) is 0 Å². The molecule has 204 valence electrons. The Morgan fingerprint density at radius 2 is 0.953 bits per heavy atom. The fourth-order valence-corrected chi connectivity index (χ4v) is 6.05. The number of nitrogens with zero attached hydrogens (tertiary/aromatic N) is 5. The van der Waals surface area contributed by atoms with E-state index in [1.807, 2.05) is 66.9 Å². The van der Waals surface area contributed by atoms with Crippen LogP contribution in [0.4, 0.5) is 0 Å². The highest BCUT2D eigenvalue weighted by Crippen LogP contribution is 2.47. The lowest BCUT2D eigenvalue weighted by atomic mass is 9.85. The summed E-state index contributed by atoms with van der Waals surface area (Å²) in [6, 6.07) is 41.3. The first-order valence-electron chi connectivity index (χ1n) is 14.4. The summed E-state index contributed by atoms with van der Waals surface area (Å²) < 4.78 is 0. The molecule has 2 heterocycles. The fourth-order valence-electron chi connectivity index (χ4n) is 6.05. The summed E-state index contributed by atoms with van der Waals surface area (Å²) in [5, 5.41) is 2.20.